The molecule has 2 heteroatoms. The SMILES string of the molecule is c1ccc(-c2c3cc(N4CCCCC4)ccc3c(-c3ccccc3-c3ccc4ccccc4c3)c3cc(N4CCCCC4)ccc23)cc1. The van der Waals surface area contributed by atoms with E-state index in [1.54, 1.807) is 0 Å². The van der Waals surface area contributed by atoms with Crippen LogP contribution in [0.3, 0.4) is 0 Å². The summed E-state index contributed by atoms with van der Waals surface area (Å²) < 4.78 is 0. The molecular weight excluding hydrogens is 581 g/mol. The van der Waals surface area contributed by atoms with Gasteiger partial charge in [-0.2, -0.15) is 0 Å². The molecule has 2 aliphatic heterocycles. The molecule has 48 heavy (non-hydrogen) atoms. The van der Waals surface area contributed by atoms with E-state index in [1.807, 2.05) is 0 Å². The van der Waals surface area contributed by atoms with Gasteiger partial charge in [-0.1, -0.05) is 103 Å². The van der Waals surface area contributed by atoms with E-state index in [9.17, 15) is 0 Å². The molecule has 2 saturated heterocycles. The summed E-state index contributed by atoms with van der Waals surface area (Å²) in [6.45, 7) is 4.53. The molecule has 9 rings (SSSR count). The van der Waals surface area contributed by atoms with Gasteiger partial charge in [-0.05, 0) is 135 Å². The zero-order valence-corrected chi connectivity index (χ0v) is 27.7. The number of nitrogens with zero attached hydrogens (tertiary/aromatic N) is 2. The molecule has 0 saturated carbocycles. The Morgan fingerprint density at radius 2 is 0.875 bits per heavy atom. The summed E-state index contributed by atoms with van der Waals surface area (Å²) in [5, 5.41) is 7.88. The first kappa shape index (κ1) is 29.1. The average molecular weight is 623 g/mol. The quantitative estimate of drug-likeness (QED) is 0.176. The molecule has 7 aromatic carbocycles. The maximum absolute atomic E-state index is 2.60. The zero-order valence-electron chi connectivity index (χ0n) is 27.7. The summed E-state index contributed by atoms with van der Waals surface area (Å²) in [5.74, 6) is 0. The Morgan fingerprint density at radius 1 is 0.333 bits per heavy atom. The minimum Gasteiger partial charge on any atom is -0.372 e. The normalized spacial score (nSPS) is 15.4. The second-order valence-electron chi connectivity index (χ2n) is 13.8. The summed E-state index contributed by atoms with van der Waals surface area (Å²) >= 11 is 0. The van der Waals surface area contributed by atoms with E-state index in [4.69, 9.17) is 0 Å². The predicted octanol–water partition coefficient (Wildman–Crippen LogP) is 12.1. The molecule has 0 aliphatic carbocycles. The third-order valence-corrected chi connectivity index (χ3v) is 10.8. The minimum absolute atomic E-state index is 1.13. The second-order valence-corrected chi connectivity index (χ2v) is 13.8. The van der Waals surface area contributed by atoms with Crippen molar-refractivity contribution in [2.24, 2.45) is 0 Å². The highest BCUT2D eigenvalue weighted by molar-refractivity contribution is 6.23. The van der Waals surface area contributed by atoms with Crippen molar-refractivity contribution in [2.75, 3.05) is 36.0 Å². The molecule has 2 fully saturated rings. The Morgan fingerprint density at radius 3 is 1.54 bits per heavy atom. The van der Waals surface area contributed by atoms with Gasteiger partial charge in [-0.25, -0.2) is 0 Å². The van der Waals surface area contributed by atoms with Gasteiger partial charge in [0.15, 0.2) is 0 Å². The third kappa shape index (κ3) is 5.21. The van der Waals surface area contributed by atoms with Gasteiger partial charge >= 0.3 is 0 Å². The highest BCUT2D eigenvalue weighted by Gasteiger charge is 2.22. The Hall–Kier alpha value is -5.08. The van der Waals surface area contributed by atoms with Gasteiger partial charge in [0.1, 0.15) is 0 Å². The fraction of sp³-hybridized carbons (Fsp3) is 0.217. The van der Waals surface area contributed by atoms with Crippen molar-refractivity contribution in [3.8, 4) is 33.4 Å². The molecule has 0 atom stereocenters. The standard InChI is InChI=1S/C46H42N2/c1-4-15-34(16-5-1)45-41-24-22-38(48-28-12-3-13-29-48)32-44(41)46(42-25-23-37(31-43(42)45)47-26-10-2-11-27-47)40-19-9-8-18-39(40)36-21-20-33-14-6-7-17-35(33)30-36/h1,4-9,14-25,30-32H,2-3,10-13,26-29H2. The van der Waals surface area contributed by atoms with E-state index in [0.29, 0.717) is 0 Å². The van der Waals surface area contributed by atoms with Crippen molar-refractivity contribution < 1.29 is 0 Å². The van der Waals surface area contributed by atoms with Gasteiger partial charge in [-0.3, -0.25) is 0 Å². The maximum atomic E-state index is 2.60. The Balaban J connectivity index is 1.37. The Bertz CT molecular complexity index is 2260. The van der Waals surface area contributed by atoms with Crippen LogP contribution < -0.4 is 9.80 Å². The Kier molecular flexibility index (Phi) is 7.58. The minimum atomic E-state index is 1.13. The number of piperidine rings is 2. The van der Waals surface area contributed by atoms with Crippen molar-refractivity contribution in [3.05, 3.63) is 133 Å². The molecule has 2 aliphatic rings. The molecule has 2 heterocycles. The number of hydrogen-bond donors (Lipinski definition) is 0. The van der Waals surface area contributed by atoms with Gasteiger partial charge in [0.05, 0.1) is 0 Å². The molecule has 0 unspecified atom stereocenters. The molecule has 0 amide bonds. The third-order valence-electron chi connectivity index (χ3n) is 10.8. The molecule has 0 N–H and O–H groups in total. The first-order chi connectivity index (χ1) is 23.8. The molecule has 0 aromatic heterocycles. The van der Waals surface area contributed by atoms with Crippen LogP contribution in [0.2, 0.25) is 0 Å². The van der Waals surface area contributed by atoms with Crippen molar-refractivity contribution in [3.63, 3.8) is 0 Å². The summed E-state index contributed by atoms with van der Waals surface area (Å²) in [5.41, 5.74) is 10.5. The van der Waals surface area contributed by atoms with Crippen LogP contribution >= 0.6 is 0 Å². The van der Waals surface area contributed by atoms with Gasteiger partial charge in [-0.15, -0.1) is 0 Å². The number of rotatable bonds is 5. The van der Waals surface area contributed by atoms with Gasteiger partial charge in [0.2, 0.25) is 0 Å². The molecule has 0 bridgehead atoms. The van der Waals surface area contributed by atoms with E-state index >= 15 is 0 Å². The highest BCUT2D eigenvalue weighted by Crippen LogP contribution is 2.48. The van der Waals surface area contributed by atoms with E-state index in [1.165, 1.54) is 116 Å². The number of anilines is 2. The monoisotopic (exact) mass is 622 g/mol. The lowest BCUT2D eigenvalue weighted by Crippen LogP contribution is -2.29. The number of fused-ring (bicyclic) bond motifs is 3. The fourth-order valence-electron chi connectivity index (χ4n) is 8.42. The van der Waals surface area contributed by atoms with E-state index in [-0.39, 0.29) is 0 Å². The fourth-order valence-corrected chi connectivity index (χ4v) is 8.42. The van der Waals surface area contributed by atoms with Crippen LogP contribution in [0.1, 0.15) is 38.5 Å². The van der Waals surface area contributed by atoms with Crippen molar-refractivity contribution in [1.29, 1.82) is 0 Å². The topological polar surface area (TPSA) is 6.48 Å². The lowest BCUT2D eigenvalue weighted by atomic mass is 9.83. The van der Waals surface area contributed by atoms with Crippen molar-refractivity contribution in [2.45, 2.75) is 38.5 Å². The second kappa shape index (κ2) is 12.5. The maximum Gasteiger partial charge on any atom is 0.0372 e. The van der Waals surface area contributed by atoms with Crippen molar-refractivity contribution in [1.82, 2.24) is 0 Å². The highest BCUT2D eigenvalue weighted by atomic mass is 15.1. The molecular formula is C46H42N2. The molecule has 0 spiro atoms. The Labute approximate surface area is 284 Å². The first-order valence-electron chi connectivity index (χ1n) is 18.0. The summed E-state index contributed by atoms with van der Waals surface area (Å²) in [6.07, 6.45) is 7.73. The lowest BCUT2D eigenvalue weighted by molar-refractivity contribution is 0.578. The summed E-state index contributed by atoms with van der Waals surface area (Å²) in [6, 6.07) is 50.5. The average Bonchev–Trinajstić information content (AvgIpc) is 3.17. The van der Waals surface area contributed by atoms with Gasteiger partial charge in [0.25, 0.3) is 0 Å². The molecule has 0 radical (unpaired) electrons. The van der Waals surface area contributed by atoms with Gasteiger partial charge in [0, 0.05) is 37.6 Å². The summed E-state index contributed by atoms with van der Waals surface area (Å²) in [7, 11) is 0. The van der Waals surface area contributed by atoms with Crippen LogP contribution in [0.4, 0.5) is 11.4 Å². The van der Waals surface area contributed by atoms with Crippen LogP contribution in [0.25, 0.3) is 65.7 Å². The van der Waals surface area contributed by atoms with Crippen LogP contribution in [-0.2, 0) is 0 Å². The number of benzene rings is 7. The first-order valence-corrected chi connectivity index (χ1v) is 18.0. The van der Waals surface area contributed by atoms with Crippen LogP contribution in [0.5, 0.6) is 0 Å². The molecule has 7 aromatic rings. The van der Waals surface area contributed by atoms with Crippen LogP contribution in [0.15, 0.2) is 133 Å². The predicted molar refractivity (Wildman–Crippen MR) is 207 cm³/mol. The van der Waals surface area contributed by atoms with Crippen LogP contribution in [-0.4, -0.2) is 26.2 Å². The molecule has 236 valence electrons. The zero-order chi connectivity index (χ0) is 31.9. The van der Waals surface area contributed by atoms with E-state index < -0.39 is 0 Å². The van der Waals surface area contributed by atoms with E-state index in [2.05, 4.69) is 143 Å². The lowest BCUT2D eigenvalue weighted by Gasteiger charge is -2.30. The smallest absolute Gasteiger partial charge is 0.0372 e. The molecule has 2 nitrogen and oxygen atoms in total. The van der Waals surface area contributed by atoms with E-state index in [0.717, 1.165) is 26.2 Å². The van der Waals surface area contributed by atoms with Gasteiger partial charge < -0.3 is 9.80 Å². The largest absolute Gasteiger partial charge is 0.372 e. The number of hydrogen-bond acceptors (Lipinski definition) is 2. The van der Waals surface area contributed by atoms with Crippen molar-refractivity contribution >= 4 is 43.7 Å². The summed E-state index contributed by atoms with van der Waals surface area (Å²) in [4.78, 5) is 5.21. The van der Waals surface area contributed by atoms with Crippen LogP contribution in [0, 0.1) is 0 Å².